The largest absolute Gasteiger partial charge is 0.496 e. The van der Waals surface area contributed by atoms with Gasteiger partial charge in [-0.25, -0.2) is 13.1 Å². The fourth-order valence-electron chi connectivity index (χ4n) is 9.69. The molecule has 2 amide bonds. The number of rotatable bonds is 9. The second kappa shape index (κ2) is 13.0. The maximum Gasteiger partial charge on any atom is 0.265 e. The van der Waals surface area contributed by atoms with Gasteiger partial charge in [-0.05, 0) is 86.3 Å². The quantitative estimate of drug-likeness (QED) is 0.385. The van der Waals surface area contributed by atoms with E-state index < -0.39 is 21.2 Å². The topological polar surface area (TPSA) is 110 Å². The second-order valence-corrected chi connectivity index (χ2v) is 17.6. The monoisotopic (exact) mass is 702 g/mol. The van der Waals surface area contributed by atoms with Crippen LogP contribution in [0.25, 0.3) is 10.9 Å². The Morgan fingerprint density at radius 2 is 1.80 bits per heavy atom. The van der Waals surface area contributed by atoms with Crippen LogP contribution in [0.2, 0.25) is 0 Å². The Labute approximate surface area is 295 Å². The van der Waals surface area contributed by atoms with Gasteiger partial charge < -0.3 is 18.9 Å². The fraction of sp³-hybridized carbons (Fsp3) is 0.590. The van der Waals surface area contributed by atoms with Gasteiger partial charge in [-0.3, -0.25) is 14.5 Å². The van der Waals surface area contributed by atoms with Crippen LogP contribution in [-0.2, 0) is 30.9 Å². The lowest BCUT2D eigenvalue weighted by molar-refractivity contribution is -0.147. The minimum absolute atomic E-state index is 0.165. The molecule has 4 fully saturated rings. The molecule has 2 bridgehead atoms. The first-order valence-electron chi connectivity index (χ1n) is 18.6. The molecule has 1 saturated carbocycles. The predicted octanol–water partition coefficient (Wildman–Crippen LogP) is 5.15. The third-order valence-electron chi connectivity index (χ3n) is 12.4. The van der Waals surface area contributed by atoms with Crippen molar-refractivity contribution in [1.82, 2.24) is 19.1 Å². The number of fused-ring (bicyclic) bond motifs is 9. The highest BCUT2D eigenvalue weighted by Crippen LogP contribution is 2.55. The molecule has 4 aliphatic heterocycles. The first kappa shape index (κ1) is 33.7. The summed E-state index contributed by atoms with van der Waals surface area (Å²) >= 11 is 0. The van der Waals surface area contributed by atoms with Crippen LogP contribution in [0, 0.1) is 5.92 Å². The molecule has 5 heterocycles. The normalized spacial score (nSPS) is 26.6. The van der Waals surface area contributed by atoms with Crippen LogP contribution in [-0.4, -0.2) is 92.4 Å². The molecule has 1 aromatic heterocycles. The zero-order valence-electron chi connectivity index (χ0n) is 29.7. The van der Waals surface area contributed by atoms with E-state index in [2.05, 4.69) is 49.4 Å². The van der Waals surface area contributed by atoms with Crippen molar-refractivity contribution in [1.29, 1.82) is 0 Å². The van der Waals surface area contributed by atoms with Gasteiger partial charge in [0.25, 0.3) is 5.91 Å². The van der Waals surface area contributed by atoms with E-state index in [9.17, 15) is 18.0 Å². The number of carbonyl (C=O) groups excluding carboxylic acids is 2. The zero-order chi connectivity index (χ0) is 34.9. The van der Waals surface area contributed by atoms with Crippen molar-refractivity contribution in [2.45, 2.75) is 101 Å². The van der Waals surface area contributed by atoms with Crippen LogP contribution in [0.15, 0.2) is 52.6 Å². The Balaban J connectivity index is 1.25. The summed E-state index contributed by atoms with van der Waals surface area (Å²) < 4.78 is 41.7. The number of amides is 2. The molecule has 9 rings (SSSR count). The number of piperidine rings is 2. The molecule has 3 saturated heterocycles. The van der Waals surface area contributed by atoms with Crippen LogP contribution in [0.5, 0.6) is 5.75 Å². The summed E-state index contributed by atoms with van der Waals surface area (Å²) in [6.07, 6.45) is 12.8. The molecule has 268 valence electrons. The summed E-state index contributed by atoms with van der Waals surface area (Å²) in [6, 6.07) is 7.04. The van der Waals surface area contributed by atoms with Crippen molar-refractivity contribution < 1.29 is 27.5 Å². The Morgan fingerprint density at radius 1 is 1.02 bits per heavy atom. The van der Waals surface area contributed by atoms with Gasteiger partial charge in [-0.1, -0.05) is 37.5 Å². The summed E-state index contributed by atoms with van der Waals surface area (Å²) in [5.74, 6) is 0.194. The molecule has 11 heteroatoms. The number of methoxy groups -OCH3 is 2. The van der Waals surface area contributed by atoms with Crippen molar-refractivity contribution in [3.05, 3.63) is 63.9 Å². The molecule has 1 aromatic carbocycles. The molecule has 10 nitrogen and oxygen atoms in total. The van der Waals surface area contributed by atoms with Gasteiger partial charge in [0.1, 0.15) is 5.75 Å². The minimum atomic E-state index is -3.82. The maximum atomic E-state index is 14.9. The van der Waals surface area contributed by atoms with Crippen LogP contribution in [0.3, 0.4) is 0 Å². The number of benzene rings is 1. The van der Waals surface area contributed by atoms with E-state index in [0.717, 1.165) is 84.4 Å². The smallest absolute Gasteiger partial charge is 0.265 e. The van der Waals surface area contributed by atoms with Gasteiger partial charge >= 0.3 is 0 Å². The van der Waals surface area contributed by atoms with E-state index in [-0.39, 0.29) is 23.8 Å². The highest BCUT2D eigenvalue weighted by Gasteiger charge is 2.50. The lowest BCUT2D eigenvalue weighted by Gasteiger charge is -2.52. The average molecular weight is 703 g/mol. The first-order chi connectivity index (χ1) is 24.1. The Hall–Kier alpha value is -3.41. The van der Waals surface area contributed by atoms with E-state index >= 15 is 0 Å². The molecular weight excluding hydrogens is 653 g/mol. The summed E-state index contributed by atoms with van der Waals surface area (Å²) in [7, 11) is -0.380. The molecule has 1 N–H and O–H groups in total. The number of aromatic nitrogens is 1. The molecule has 7 aliphatic rings. The van der Waals surface area contributed by atoms with Gasteiger partial charge in [0.05, 0.1) is 36.0 Å². The van der Waals surface area contributed by atoms with Crippen LogP contribution < -0.4 is 9.46 Å². The molecular formula is C39H50N4O6S. The van der Waals surface area contributed by atoms with Gasteiger partial charge in [0.15, 0.2) is 0 Å². The number of ether oxygens (including phenoxy) is 2. The Morgan fingerprint density at radius 3 is 2.50 bits per heavy atom. The number of sulfonamides is 1. The molecule has 0 spiro atoms. The van der Waals surface area contributed by atoms with Gasteiger partial charge in [-0.15, -0.1) is 0 Å². The predicted molar refractivity (Wildman–Crippen MR) is 193 cm³/mol. The summed E-state index contributed by atoms with van der Waals surface area (Å²) in [5.41, 5.74) is 6.57. The summed E-state index contributed by atoms with van der Waals surface area (Å²) in [4.78, 5) is 33.3. The van der Waals surface area contributed by atoms with Crippen molar-refractivity contribution in [2.75, 3.05) is 40.5 Å². The molecule has 0 radical (unpaired) electrons. The summed E-state index contributed by atoms with van der Waals surface area (Å²) in [6.45, 7) is 6.73. The number of hydrogen-bond acceptors (Lipinski definition) is 7. The van der Waals surface area contributed by atoms with Crippen molar-refractivity contribution in [3.63, 3.8) is 0 Å². The lowest BCUT2D eigenvalue weighted by atomic mass is 9.75. The summed E-state index contributed by atoms with van der Waals surface area (Å²) in [5, 5.41) is 0.299. The average Bonchev–Trinajstić information content (AvgIpc) is 3.76. The SMILES string of the molecule is COCCN1CC2CCC1CN2C(=O)[C@@H]1CC=CC2=C3C(=C3C(=O)NS(=O)(=O)C(C)C)Cn3c(cc4c(OC)ccc(C5CCCCC5)c43)[C@H]21. The van der Waals surface area contributed by atoms with Crippen LogP contribution in [0.4, 0.5) is 0 Å². The molecule has 50 heavy (non-hydrogen) atoms. The van der Waals surface area contributed by atoms with E-state index in [4.69, 9.17) is 9.47 Å². The van der Waals surface area contributed by atoms with Gasteiger partial charge in [-0.2, -0.15) is 0 Å². The number of carbonyl (C=O) groups is 2. The van der Waals surface area contributed by atoms with Crippen molar-refractivity contribution in [3.8, 4) is 5.75 Å². The Kier molecular flexibility index (Phi) is 8.75. The van der Waals surface area contributed by atoms with E-state index in [0.29, 0.717) is 37.1 Å². The highest BCUT2D eigenvalue weighted by molar-refractivity contribution is 7.90. The zero-order valence-corrected chi connectivity index (χ0v) is 30.6. The van der Waals surface area contributed by atoms with E-state index in [1.165, 1.54) is 24.8 Å². The van der Waals surface area contributed by atoms with Crippen LogP contribution in [0.1, 0.15) is 88.3 Å². The van der Waals surface area contributed by atoms with Gasteiger partial charge in [0.2, 0.25) is 15.9 Å². The highest BCUT2D eigenvalue weighted by atomic mass is 32.2. The standard InChI is InChI=1S/C39H50N4O6S/c1-23(2)50(46,47)40-38(44)36-31-22-43-32(19-30-33(49-4)16-15-27(37(30)43)24-9-6-5-7-10-24)34-28(35(31)36)11-8-12-29(34)39(45)42-21-25-13-14-26(42)20-41(25)17-18-48-3/h8,11,15-16,19,23-26,29,34H,5-7,9-10,12-14,17-18,20-22H2,1-4H3,(H,40,44)/t25?,26?,29-,34-/m1/s1. The van der Waals surface area contributed by atoms with Crippen molar-refractivity contribution in [2.24, 2.45) is 5.92 Å². The molecule has 3 aliphatic carbocycles. The lowest BCUT2D eigenvalue weighted by Crippen LogP contribution is -2.65. The molecule has 2 unspecified atom stereocenters. The number of allylic oxidation sites excluding steroid dienone is 4. The number of nitrogens with one attached hydrogen (secondary N) is 1. The fourth-order valence-corrected chi connectivity index (χ4v) is 10.3. The van der Waals surface area contributed by atoms with Crippen LogP contribution >= 0.6 is 0 Å². The first-order valence-corrected chi connectivity index (χ1v) is 20.1. The van der Waals surface area contributed by atoms with E-state index in [1.54, 1.807) is 28.1 Å². The second-order valence-electron chi connectivity index (χ2n) is 15.4. The number of hydrogen-bond donors (Lipinski definition) is 1. The third-order valence-corrected chi connectivity index (χ3v) is 14.1. The van der Waals surface area contributed by atoms with Crippen molar-refractivity contribution >= 4 is 32.7 Å². The number of piperazine rings is 1. The third kappa shape index (κ3) is 5.55. The molecule has 4 atom stereocenters. The maximum absolute atomic E-state index is 14.9. The Bertz CT molecular complexity index is 1930. The molecule has 2 aromatic rings. The minimum Gasteiger partial charge on any atom is -0.496 e. The van der Waals surface area contributed by atoms with E-state index in [1.807, 2.05) is 0 Å². The number of nitrogens with zero attached hydrogens (tertiary/aromatic N) is 3. The van der Waals surface area contributed by atoms with Gasteiger partial charge in [0, 0.05) is 62.4 Å².